The van der Waals surface area contributed by atoms with E-state index >= 15 is 0 Å². The Hall–Kier alpha value is -2.35. The van der Waals surface area contributed by atoms with Crippen LogP contribution >= 0.6 is 0 Å². The number of halogens is 2. The molecule has 14 heteroatoms. The summed E-state index contributed by atoms with van der Waals surface area (Å²) in [4.78, 5) is 48.1. The molecule has 1 N–H and O–H groups in total. The SMILES string of the molecule is CC(C)C1(OC(=O)C2CC(OC(=O)CCC(=O)OC(C)C(F)(F)S(=O)(=O)O)C(=O)O2)CCCC1. The van der Waals surface area contributed by atoms with Crippen LogP contribution in [0.2, 0.25) is 0 Å². The van der Waals surface area contributed by atoms with Crippen LogP contribution in [0, 0.1) is 5.92 Å². The maximum atomic E-state index is 13.4. The zero-order chi connectivity index (χ0) is 25.9. The first-order valence-electron chi connectivity index (χ1n) is 10.8. The van der Waals surface area contributed by atoms with Crippen LogP contribution in [0.15, 0.2) is 0 Å². The molecule has 0 aromatic carbocycles. The molecule has 1 saturated carbocycles. The van der Waals surface area contributed by atoms with Gasteiger partial charge in [0.05, 0.1) is 12.8 Å². The Kier molecular flexibility index (Phi) is 8.62. The molecule has 3 unspecified atom stereocenters. The third-order valence-corrected chi connectivity index (χ3v) is 6.97. The summed E-state index contributed by atoms with van der Waals surface area (Å²) in [5.74, 6) is -4.08. The van der Waals surface area contributed by atoms with Crippen molar-refractivity contribution in [3.63, 3.8) is 0 Å². The fourth-order valence-electron chi connectivity index (χ4n) is 3.79. The lowest BCUT2D eigenvalue weighted by molar-refractivity contribution is -0.178. The first-order chi connectivity index (χ1) is 15.6. The van der Waals surface area contributed by atoms with E-state index in [9.17, 15) is 36.4 Å². The molecule has 34 heavy (non-hydrogen) atoms. The molecule has 0 spiro atoms. The number of rotatable bonds is 10. The predicted octanol–water partition coefficient (Wildman–Crippen LogP) is 1.92. The number of alkyl halides is 2. The molecule has 0 amide bonds. The Morgan fingerprint density at radius 1 is 1.15 bits per heavy atom. The molecular formula is C20H28F2O11S. The van der Waals surface area contributed by atoms with Gasteiger partial charge in [-0.3, -0.25) is 14.1 Å². The highest BCUT2D eigenvalue weighted by Crippen LogP contribution is 2.40. The number of cyclic esters (lactones) is 1. The van der Waals surface area contributed by atoms with E-state index in [2.05, 4.69) is 4.74 Å². The Bertz CT molecular complexity index is 909. The van der Waals surface area contributed by atoms with Gasteiger partial charge in [-0.1, -0.05) is 13.8 Å². The van der Waals surface area contributed by atoms with Gasteiger partial charge in [-0.15, -0.1) is 0 Å². The quantitative estimate of drug-likeness (QED) is 0.258. The van der Waals surface area contributed by atoms with Crippen LogP contribution in [-0.4, -0.2) is 66.0 Å². The van der Waals surface area contributed by atoms with E-state index in [4.69, 9.17) is 18.8 Å². The van der Waals surface area contributed by atoms with Crippen molar-refractivity contribution in [1.29, 1.82) is 0 Å². The summed E-state index contributed by atoms with van der Waals surface area (Å²) in [7, 11) is -5.82. The smallest absolute Gasteiger partial charge is 0.405 e. The highest BCUT2D eigenvalue weighted by Gasteiger charge is 2.52. The lowest BCUT2D eigenvalue weighted by Crippen LogP contribution is -2.42. The van der Waals surface area contributed by atoms with Crippen molar-refractivity contribution < 1.29 is 59.9 Å². The van der Waals surface area contributed by atoms with Gasteiger partial charge in [-0.25, -0.2) is 9.59 Å². The zero-order valence-electron chi connectivity index (χ0n) is 19.0. The summed E-state index contributed by atoms with van der Waals surface area (Å²) < 4.78 is 76.4. The fraction of sp³-hybridized carbons (Fsp3) is 0.800. The van der Waals surface area contributed by atoms with Crippen molar-refractivity contribution in [2.75, 3.05) is 0 Å². The lowest BCUT2D eigenvalue weighted by atomic mass is 9.88. The van der Waals surface area contributed by atoms with Crippen molar-refractivity contribution in [1.82, 2.24) is 0 Å². The average Bonchev–Trinajstić information content (AvgIpc) is 3.33. The van der Waals surface area contributed by atoms with E-state index in [1.165, 1.54) is 0 Å². The summed E-state index contributed by atoms with van der Waals surface area (Å²) >= 11 is 0. The number of hydrogen-bond donors (Lipinski definition) is 1. The molecule has 1 aliphatic heterocycles. The Labute approximate surface area is 195 Å². The standard InChI is InChI=1S/C20H28F2O11S/c1-11(2)19(8-4-5-9-19)33-18(26)14-10-13(17(25)32-14)31-16(24)7-6-15(23)30-12(3)20(21,22)34(27,28)29/h11-14H,4-10H2,1-3H3,(H,27,28,29). The molecule has 1 saturated heterocycles. The topological polar surface area (TPSA) is 160 Å². The summed E-state index contributed by atoms with van der Waals surface area (Å²) in [6.07, 6.45) is -3.71. The third kappa shape index (κ3) is 6.40. The molecule has 3 atom stereocenters. The molecule has 0 aromatic heterocycles. The average molecular weight is 514 g/mol. The zero-order valence-corrected chi connectivity index (χ0v) is 19.8. The van der Waals surface area contributed by atoms with Crippen LogP contribution in [0.3, 0.4) is 0 Å². The number of esters is 4. The molecule has 194 valence electrons. The largest absolute Gasteiger partial charge is 0.456 e. The normalized spacial score (nSPS) is 23.3. The van der Waals surface area contributed by atoms with Gasteiger partial charge in [0.1, 0.15) is 5.60 Å². The lowest BCUT2D eigenvalue weighted by Gasteiger charge is -2.33. The van der Waals surface area contributed by atoms with Gasteiger partial charge >= 0.3 is 39.2 Å². The van der Waals surface area contributed by atoms with E-state index in [-0.39, 0.29) is 12.3 Å². The number of hydrogen-bond acceptors (Lipinski definition) is 10. The summed E-state index contributed by atoms with van der Waals surface area (Å²) in [5.41, 5.74) is -0.637. The highest BCUT2D eigenvalue weighted by molar-refractivity contribution is 7.86. The minimum atomic E-state index is -5.82. The van der Waals surface area contributed by atoms with Crippen LogP contribution in [-0.2, 0) is 48.2 Å². The molecule has 0 bridgehead atoms. The van der Waals surface area contributed by atoms with Gasteiger partial charge < -0.3 is 18.9 Å². The van der Waals surface area contributed by atoms with E-state index in [1.807, 2.05) is 13.8 Å². The van der Waals surface area contributed by atoms with Gasteiger partial charge in [0, 0.05) is 6.42 Å². The second-order valence-electron chi connectivity index (χ2n) is 8.66. The first kappa shape index (κ1) is 27.9. The van der Waals surface area contributed by atoms with Crippen molar-refractivity contribution in [2.45, 2.75) is 94.9 Å². The minimum Gasteiger partial charge on any atom is -0.456 e. The number of ether oxygens (including phenoxy) is 4. The van der Waals surface area contributed by atoms with Gasteiger partial charge in [-0.2, -0.15) is 17.2 Å². The van der Waals surface area contributed by atoms with E-state index in [0.29, 0.717) is 19.8 Å². The second kappa shape index (κ2) is 10.5. The monoisotopic (exact) mass is 514 g/mol. The van der Waals surface area contributed by atoms with Gasteiger partial charge in [0.15, 0.2) is 6.10 Å². The molecule has 2 fully saturated rings. The molecule has 11 nitrogen and oxygen atoms in total. The second-order valence-corrected chi connectivity index (χ2v) is 10.2. The summed E-state index contributed by atoms with van der Waals surface area (Å²) in [6, 6.07) is 0. The maximum Gasteiger partial charge on any atom is 0.405 e. The van der Waals surface area contributed by atoms with E-state index in [1.54, 1.807) is 0 Å². The van der Waals surface area contributed by atoms with Crippen LogP contribution in [0.4, 0.5) is 8.78 Å². The van der Waals surface area contributed by atoms with Crippen molar-refractivity contribution >= 4 is 34.0 Å². The number of carbonyl (C=O) groups excluding carboxylic acids is 4. The van der Waals surface area contributed by atoms with Crippen molar-refractivity contribution in [2.24, 2.45) is 5.92 Å². The Morgan fingerprint density at radius 3 is 2.24 bits per heavy atom. The maximum absolute atomic E-state index is 13.4. The fourth-order valence-corrected chi connectivity index (χ4v) is 4.26. The molecule has 0 aromatic rings. The van der Waals surface area contributed by atoms with Crippen LogP contribution in [0.1, 0.15) is 65.7 Å². The molecule has 2 rings (SSSR count). The molecule has 2 aliphatic rings. The van der Waals surface area contributed by atoms with Crippen LogP contribution < -0.4 is 0 Å². The van der Waals surface area contributed by atoms with E-state index < -0.39 is 76.0 Å². The number of carbonyl (C=O) groups is 4. The van der Waals surface area contributed by atoms with Crippen LogP contribution in [0.25, 0.3) is 0 Å². The third-order valence-electron chi connectivity index (χ3n) is 5.95. The minimum absolute atomic E-state index is 0.0598. The highest BCUT2D eigenvalue weighted by atomic mass is 32.2. The van der Waals surface area contributed by atoms with Gasteiger partial charge in [-0.05, 0) is 38.5 Å². The van der Waals surface area contributed by atoms with E-state index in [0.717, 1.165) is 12.8 Å². The van der Waals surface area contributed by atoms with Crippen molar-refractivity contribution in [3.05, 3.63) is 0 Å². The van der Waals surface area contributed by atoms with Gasteiger partial charge in [0.25, 0.3) is 0 Å². The molecule has 1 heterocycles. The predicted molar refractivity (Wildman–Crippen MR) is 108 cm³/mol. The summed E-state index contributed by atoms with van der Waals surface area (Å²) in [5, 5.41) is -4.74. The molecule has 0 radical (unpaired) electrons. The summed E-state index contributed by atoms with van der Waals surface area (Å²) in [6.45, 7) is 4.41. The Balaban J connectivity index is 1.82. The van der Waals surface area contributed by atoms with Crippen LogP contribution in [0.5, 0.6) is 0 Å². The van der Waals surface area contributed by atoms with Gasteiger partial charge in [0.2, 0.25) is 12.2 Å². The Morgan fingerprint density at radius 2 is 1.71 bits per heavy atom. The molecular weight excluding hydrogens is 486 g/mol. The first-order valence-corrected chi connectivity index (χ1v) is 12.2. The molecule has 1 aliphatic carbocycles. The van der Waals surface area contributed by atoms with Crippen molar-refractivity contribution in [3.8, 4) is 0 Å².